The highest BCUT2D eigenvalue weighted by molar-refractivity contribution is 5.85. The second-order valence-electron chi connectivity index (χ2n) is 3.76. The Kier molecular flexibility index (Phi) is 6.70. The number of hydrogen-bond acceptors (Lipinski definition) is 2. The molecular weight excluding hydrogens is 231 g/mol. The van der Waals surface area contributed by atoms with Crippen LogP contribution in [-0.2, 0) is 0 Å². The SMILES string of the molecule is CN(c1cccnc1)C1CCCC1.Cl.Cl. The minimum atomic E-state index is 0. The lowest BCUT2D eigenvalue weighted by Gasteiger charge is -2.25. The number of rotatable bonds is 2. The maximum Gasteiger partial charge on any atom is 0.0552 e. The molecule has 1 fully saturated rings. The third-order valence-electron chi connectivity index (χ3n) is 2.93. The summed E-state index contributed by atoms with van der Waals surface area (Å²) in [5, 5.41) is 0. The second kappa shape index (κ2) is 6.91. The van der Waals surface area contributed by atoms with Gasteiger partial charge in [0.2, 0.25) is 0 Å². The van der Waals surface area contributed by atoms with Crippen LogP contribution < -0.4 is 4.90 Å². The fraction of sp³-hybridized carbons (Fsp3) is 0.545. The van der Waals surface area contributed by atoms with E-state index in [0.29, 0.717) is 0 Å². The van der Waals surface area contributed by atoms with Gasteiger partial charge in [-0.2, -0.15) is 0 Å². The molecule has 0 unspecified atom stereocenters. The van der Waals surface area contributed by atoms with E-state index in [9.17, 15) is 0 Å². The molecule has 2 nitrogen and oxygen atoms in total. The maximum atomic E-state index is 4.14. The van der Waals surface area contributed by atoms with Crippen molar-refractivity contribution >= 4 is 30.5 Å². The highest BCUT2D eigenvalue weighted by Crippen LogP contribution is 2.25. The molecule has 86 valence electrons. The first-order valence-corrected chi connectivity index (χ1v) is 5.01. The molecule has 0 N–H and O–H groups in total. The third-order valence-corrected chi connectivity index (χ3v) is 2.93. The molecule has 0 saturated heterocycles. The lowest BCUT2D eigenvalue weighted by Crippen LogP contribution is -2.28. The van der Waals surface area contributed by atoms with Crippen molar-refractivity contribution < 1.29 is 0 Å². The summed E-state index contributed by atoms with van der Waals surface area (Å²) in [5.41, 5.74) is 1.24. The Morgan fingerprint density at radius 1 is 1.27 bits per heavy atom. The van der Waals surface area contributed by atoms with E-state index in [1.807, 2.05) is 18.5 Å². The molecule has 4 heteroatoms. The first kappa shape index (κ1) is 14.5. The quantitative estimate of drug-likeness (QED) is 0.799. The molecule has 0 atom stereocenters. The fourth-order valence-electron chi connectivity index (χ4n) is 2.06. The van der Waals surface area contributed by atoms with Crippen LogP contribution in [0.25, 0.3) is 0 Å². The highest BCUT2D eigenvalue weighted by atomic mass is 35.5. The zero-order valence-electron chi connectivity index (χ0n) is 8.93. The minimum Gasteiger partial charge on any atom is -0.370 e. The van der Waals surface area contributed by atoms with E-state index in [2.05, 4.69) is 23.0 Å². The van der Waals surface area contributed by atoms with Crippen LogP contribution in [0.5, 0.6) is 0 Å². The monoisotopic (exact) mass is 248 g/mol. The van der Waals surface area contributed by atoms with Gasteiger partial charge in [-0.25, -0.2) is 0 Å². The normalized spacial score (nSPS) is 15.3. The van der Waals surface area contributed by atoms with Crippen molar-refractivity contribution in [1.29, 1.82) is 0 Å². The van der Waals surface area contributed by atoms with Crippen molar-refractivity contribution in [2.45, 2.75) is 31.7 Å². The first-order chi connectivity index (χ1) is 6.38. The summed E-state index contributed by atoms with van der Waals surface area (Å²) >= 11 is 0. The minimum absolute atomic E-state index is 0. The number of aromatic nitrogens is 1. The van der Waals surface area contributed by atoms with Crippen LogP contribution >= 0.6 is 24.8 Å². The van der Waals surface area contributed by atoms with E-state index in [4.69, 9.17) is 0 Å². The van der Waals surface area contributed by atoms with Crippen LogP contribution in [0.3, 0.4) is 0 Å². The molecule has 1 aliphatic carbocycles. The van der Waals surface area contributed by atoms with Gasteiger partial charge in [0.25, 0.3) is 0 Å². The molecule has 0 bridgehead atoms. The summed E-state index contributed by atoms with van der Waals surface area (Å²) in [7, 11) is 2.17. The zero-order chi connectivity index (χ0) is 9.10. The van der Waals surface area contributed by atoms with Crippen LogP contribution in [0.2, 0.25) is 0 Å². The Morgan fingerprint density at radius 2 is 1.93 bits per heavy atom. The highest BCUT2D eigenvalue weighted by Gasteiger charge is 2.19. The Morgan fingerprint density at radius 3 is 2.47 bits per heavy atom. The molecule has 2 rings (SSSR count). The number of anilines is 1. The largest absolute Gasteiger partial charge is 0.370 e. The van der Waals surface area contributed by atoms with Crippen molar-refractivity contribution in [2.75, 3.05) is 11.9 Å². The maximum absolute atomic E-state index is 4.14. The predicted molar refractivity (Wildman–Crippen MR) is 69.4 cm³/mol. The van der Waals surface area contributed by atoms with E-state index in [0.717, 1.165) is 6.04 Å². The van der Waals surface area contributed by atoms with Crippen LogP contribution in [0.15, 0.2) is 24.5 Å². The summed E-state index contributed by atoms with van der Waals surface area (Å²) in [4.78, 5) is 6.50. The van der Waals surface area contributed by atoms with Crippen molar-refractivity contribution in [3.63, 3.8) is 0 Å². The first-order valence-electron chi connectivity index (χ1n) is 5.01. The number of pyridine rings is 1. The molecule has 0 amide bonds. The van der Waals surface area contributed by atoms with E-state index >= 15 is 0 Å². The molecule has 1 aromatic heterocycles. The van der Waals surface area contributed by atoms with Crippen molar-refractivity contribution in [1.82, 2.24) is 4.98 Å². The summed E-state index contributed by atoms with van der Waals surface area (Å²) in [5.74, 6) is 0. The molecule has 15 heavy (non-hydrogen) atoms. The van der Waals surface area contributed by atoms with Gasteiger partial charge < -0.3 is 4.90 Å². The average Bonchev–Trinajstić information content (AvgIpc) is 2.71. The Balaban J connectivity index is 0.000000980. The van der Waals surface area contributed by atoms with Crippen LogP contribution in [0.1, 0.15) is 25.7 Å². The van der Waals surface area contributed by atoms with Crippen LogP contribution in [-0.4, -0.2) is 18.1 Å². The molecule has 0 spiro atoms. The van der Waals surface area contributed by atoms with Crippen molar-refractivity contribution in [3.8, 4) is 0 Å². The summed E-state index contributed by atoms with van der Waals surface area (Å²) in [6.45, 7) is 0. The van der Waals surface area contributed by atoms with Gasteiger partial charge in [0.05, 0.1) is 11.9 Å². The summed E-state index contributed by atoms with van der Waals surface area (Å²) < 4.78 is 0. The van der Waals surface area contributed by atoms with Gasteiger partial charge in [-0.3, -0.25) is 4.98 Å². The second-order valence-corrected chi connectivity index (χ2v) is 3.76. The Bertz CT molecular complexity index is 261. The molecule has 0 aliphatic heterocycles. The van der Waals surface area contributed by atoms with Gasteiger partial charge >= 0.3 is 0 Å². The standard InChI is InChI=1S/C11H16N2.2ClH/c1-13(10-5-2-3-6-10)11-7-4-8-12-9-11;;/h4,7-10H,2-3,5-6H2,1H3;2*1H. The lowest BCUT2D eigenvalue weighted by molar-refractivity contribution is 0.652. The van der Waals surface area contributed by atoms with Crippen LogP contribution in [0.4, 0.5) is 5.69 Å². The molecular formula is C11H18Cl2N2. The zero-order valence-corrected chi connectivity index (χ0v) is 10.6. The van der Waals surface area contributed by atoms with Gasteiger partial charge in [0.1, 0.15) is 0 Å². The number of hydrogen-bond donors (Lipinski definition) is 0. The Hall–Kier alpha value is -0.470. The number of nitrogens with zero attached hydrogens (tertiary/aromatic N) is 2. The van der Waals surface area contributed by atoms with Gasteiger partial charge in [-0.05, 0) is 25.0 Å². The van der Waals surface area contributed by atoms with E-state index in [-0.39, 0.29) is 24.8 Å². The predicted octanol–water partition coefficient (Wildman–Crippen LogP) is 3.30. The average molecular weight is 249 g/mol. The number of halogens is 2. The fourth-order valence-corrected chi connectivity index (χ4v) is 2.06. The molecule has 1 aromatic rings. The molecule has 0 radical (unpaired) electrons. The topological polar surface area (TPSA) is 16.1 Å². The van der Waals surface area contributed by atoms with Crippen LogP contribution in [0, 0.1) is 0 Å². The van der Waals surface area contributed by atoms with Crippen molar-refractivity contribution in [3.05, 3.63) is 24.5 Å². The van der Waals surface area contributed by atoms with Gasteiger partial charge in [-0.1, -0.05) is 12.8 Å². The van der Waals surface area contributed by atoms with E-state index in [1.54, 1.807) is 0 Å². The molecule has 1 saturated carbocycles. The smallest absolute Gasteiger partial charge is 0.0552 e. The van der Waals surface area contributed by atoms with Gasteiger partial charge in [0, 0.05) is 19.3 Å². The van der Waals surface area contributed by atoms with Gasteiger partial charge in [-0.15, -0.1) is 24.8 Å². The van der Waals surface area contributed by atoms with Gasteiger partial charge in [0.15, 0.2) is 0 Å². The third kappa shape index (κ3) is 3.54. The molecule has 1 heterocycles. The van der Waals surface area contributed by atoms with Crippen molar-refractivity contribution in [2.24, 2.45) is 0 Å². The Labute approximate surface area is 104 Å². The van der Waals surface area contributed by atoms with E-state index < -0.39 is 0 Å². The lowest BCUT2D eigenvalue weighted by atomic mass is 10.2. The summed E-state index contributed by atoms with van der Waals surface area (Å²) in [6.07, 6.45) is 9.21. The molecule has 0 aromatic carbocycles. The summed E-state index contributed by atoms with van der Waals surface area (Å²) in [6, 6.07) is 4.87. The van der Waals surface area contributed by atoms with E-state index in [1.165, 1.54) is 31.4 Å². The molecule has 1 aliphatic rings.